The number of benzene rings is 1. The summed E-state index contributed by atoms with van der Waals surface area (Å²) in [4.78, 5) is 10.5. The van der Waals surface area contributed by atoms with Crippen LogP contribution in [0.5, 0.6) is 11.5 Å². The van der Waals surface area contributed by atoms with Crippen LogP contribution in [0.2, 0.25) is 0 Å². The van der Waals surface area contributed by atoms with Crippen LogP contribution in [0.4, 0.5) is 5.69 Å². The van der Waals surface area contributed by atoms with Gasteiger partial charge in [0.15, 0.2) is 0 Å². The Hall–Kier alpha value is -1.25. The van der Waals surface area contributed by atoms with E-state index in [0.717, 1.165) is 0 Å². The minimum atomic E-state index is -2.89. The standard InChI is InChI=1S/C12H19N2O6PS/c1-17-8-4-7-13-21(22,19-3)20-12-9-10(18-2)5-6-11(12)14(15)16/h5-6,9H,4,7-8H2,1-3H3,(H,13,22). The van der Waals surface area contributed by atoms with Gasteiger partial charge in [0.1, 0.15) is 5.75 Å². The molecule has 0 bridgehead atoms. The van der Waals surface area contributed by atoms with Crippen molar-refractivity contribution in [1.82, 2.24) is 5.09 Å². The number of ether oxygens (including phenoxy) is 2. The van der Waals surface area contributed by atoms with Gasteiger partial charge >= 0.3 is 12.3 Å². The predicted molar refractivity (Wildman–Crippen MR) is 86.1 cm³/mol. The second-order valence-electron chi connectivity index (χ2n) is 4.12. The lowest BCUT2D eigenvalue weighted by molar-refractivity contribution is -0.385. The summed E-state index contributed by atoms with van der Waals surface area (Å²) in [6.45, 7) is -1.82. The molecule has 0 aromatic heterocycles. The van der Waals surface area contributed by atoms with Crippen molar-refractivity contribution in [3.63, 3.8) is 0 Å². The summed E-state index contributed by atoms with van der Waals surface area (Å²) < 4.78 is 20.8. The van der Waals surface area contributed by atoms with Gasteiger partial charge in [-0.25, -0.2) is 5.09 Å². The zero-order valence-corrected chi connectivity index (χ0v) is 14.3. The first-order valence-electron chi connectivity index (χ1n) is 6.37. The van der Waals surface area contributed by atoms with Crippen molar-refractivity contribution in [2.75, 3.05) is 34.5 Å². The summed E-state index contributed by atoms with van der Waals surface area (Å²) in [6.07, 6.45) is 0.710. The molecule has 1 rings (SSSR count). The van der Waals surface area contributed by atoms with Crippen LogP contribution < -0.4 is 14.3 Å². The molecule has 1 unspecified atom stereocenters. The number of hydrogen-bond acceptors (Lipinski definition) is 7. The van der Waals surface area contributed by atoms with Gasteiger partial charge in [0, 0.05) is 39.5 Å². The number of nitrogens with one attached hydrogen (secondary N) is 1. The normalized spacial score (nSPS) is 13.4. The maximum Gasteiger partial charge on any atom is 0.312 e. The molecule has 0 heterocycles. The highest BCUT2D eigenvalue weighted by Gasteiger charge is 2.25. The van der Waals surface area contributed by atoms with E-state index in [1.807, 2.05) is 0 Å². The van der Waals surface area contributed by atoms with Crippen LogP contribution in [0.25, 0.3) is 0 Å². The lowest BCUT2D eigenvalue weighted by atomic mass is 10.3. The third kappa shape index (κ3) is 5.51. The highest BCUT2D eigenvalue weighted by molar-refractivity contribution is 8.09. The van der Waals surface area contributed by atoms with Crippen molar-refractivity contribution in [1.29, 1.82) is 0 Å². The average Bonchev–Trinajstić information content (AvgIpc) is 2.51. The summed E-state index contributed by atoms with van der Waals surface area (Å²) in [6, 6.07) is 4.19. The fraction of sp³-hybridized carbons (Fsp3) is 0.500. The first kappa shape index (κ1) is 18.8. The van der Waals surface area contributed by atoms with E-state index in [1.54, 1.807) is 7.11 Å². The fourth-order valence-corrected chi connectivity index (χ4v) is 3.16. The Labute approximate surface area is 134 Å². The second-order valence-corrected chi connectivity index (χ2v) is 7.42. The molecule has 8 nitrogen and oxygen atoms in total. The zero-order chi connectivity index (χ0) is 16.6. The molecule has 0 aliphatic heterocycles. The third-order valence-corrected chi connectivity index (χ3v) is 5.24. The van der Waals surface area contributed by atoms with Crippen molar-refractivity contribution in [2.45, 2.75) is 6.42 Å². The van der Waals surface area contributed by atoms with E-state index in [9.17, 15) is 10.1 Å². The SMILES string of the molecule is COCCCNP(=S)(OC)Oc1cc(OC)ccc1[N+](=O)[O-]. The predicted octanol–water partition coefficient (Wildman–Crippen LogP) is 2.48. The van der Waals surface area contributed by atoms with Gasteiger partial charge in [0.2, 0.25) is 5.75 Å². The lowest BCUT2D eigenvalue weighted by Gasteiger charge is -2.21. The first-order valence-corrected chi connectivity index (χ1v) is 9.01. The molecule has 0 saturated heterocycles. The number of rotatable bonds is 10. The van der Waals surface area contributed by atoms with Gasteiger partial charge in [-0.15, -0.1) is 0 Å². The van der Waals surface area contributed by atoms with E-state index in [2.05, 4.69) is 5.09 Å². The fourth-order valence-electron chi connectivity index (χ4n) is 1.54. The molecule has 0 fully saturated rings. The van der Waals surface area contributed by atoms with E-state index in [-0.39, 0.29) is 11.4 Å². The number of nitrogens with zero attached hydrogens (tertiary/aromatic N) is 1. The molecule has 0 aliphatic rings. The minimum absolute atomic E-state index is 0.00812. The van der Waals surface area contributed by atoms with Crippen LogP contribution in [-0.4, -0.2) is 39.4 Å². The monoisotopic (exact) mass is 350 g/mol. The molecule has 1 N–H and O–H groups in total. The smallest absolute Gasteiger partial charge is 0.312 e. The molecular formula is C12H19N2O6PS. The molecule has 0 radical (unpaired) electrons. The third-order valence-electron chi connectivity index (χ3n) is 2.65. The number of methoxy groups -OCH3 is 2. The van der Waals surface area contributed by atoms with Gasteiger partial charge in [0.05, 0.1) is 12.0 Å². The molecule has 0 amide bonds. The van der Waals surface area contributed by atoms with E-state index in [4.69, 9.17) is 30.3 Å². The summed E-state index contributed by atoms with van der Waals surface area (Å²) in [7, 11) is 4.46. The molecule has 124 valence electrons. The Morgan fingerprint density at radius 2 is 2.09 bits per heavy atom. The van der Waals surface area contributed by atoms with Gasteiger partial charge in [-0.05, 0) is 24.3 Å². The molecule has 1 aromatic rings. The Morgan fingerprint density at radius 3 is 2.64 bits per heavy atom. The largest absolute Gasteiger partial charge is 0.497 e. The highest BCUT2D eigenvalue weighted by Crippen LogP contribution is 2.47. The van der Waals surface area contributed by atoms with E-state index in [1.165, 1.54) is 32.4 Å². The average molecular weight is 350 g/mol. The maximum atomic E-state index is 11.1. The van der Waals surface area contributed by atoms with Crippen molar-refractivity contribution in [3.8, 4) is 11.5 Å². The van der Waals surface area contributed by atoms with E-state index in [0.29, 0.717) is 25.3 Å². The molecular weight excluding hydrogens is 331 g/mol. The molecule has 22 heavy (non-hydrogen) atoms. The van der Waals surface area contributed by atoms with Crippen LogP contribution in [0.15, 0.2) is 18.2 Å². The molecule has 0 aliphatic carbocycles. The van der Waals surface area contributed by atoms with Gasteiger partial charge in [-0.1, -0.05) is 0 Å². The van der Waals surface area contributed by atoms with Crippen LogP contribution >= 0.6 is 6.64 Å². The molecule has 1 aromatic carbocycles. The Balaban J connectivity index is 2.93. The lowest BCUT2D eigenvalue weighted by Crippen LogP contribution is -2.18. The molecule has 0 spiro atoms. The van der Waals surface area contributed by atoms with Crippen LogP contribution in [0, 0.1) is 10.1 Å². The van der Waals surface area contributed by atoms with Crippen molar-refractivity contribution < 1.29 is 23.4 Å². The van der Waals surface area contributed by atoms with Gasteiger partial charge in [0.25, 0.3) is 0 Å². The van der Waals surface area contributed by atoms with E-state index >= 15 is 0 Å². The molecule has 0 saturated carbocycles. The van der Waals surface area contributed by atoms with Gasteiger partial charge < -0.3 is 18.5 Å². The maximum absolute atomic E-state index is 11.1. The van der Waals surface area contributed by atoms with Crippen LogP contribution in [-0.2, 0) is 21.1 Å². The van der Waals surface area contributed by atoms with Crippen LogP contribution in [0.3, 0.4) is 0 Å². The Kier molecular flexibility index (Phi) is 7.70. The Bertz CT molecular complexity index is 556. The minimum Gasteiger partial charge on any atom is -0.497 e. The Morgan fingerprint density at radius 1 is 1.36 bits per heavy atom. The van der Waals surface area contributed by atoms with E-state index < -0.39 is 11.6 Å². The second kappa shape index (κ2) is 9.02. The van der Waals surface area contributed by atoms with Crippen molar-refractivity contribution in [3.05, 3.63) is 28.3 Å². The molecule has 10 heteroatoms. The zero-order valence-electron chi connectivity index (χ0n) is 12.6. The first-order chi connectivity index (χ1) is 10.5. The summed E-state index contributed by atoms with van der Waals surface area (Å²) in [5.41, 5.74) is -0.203. The quantitative estimate of drug-likeness (QED) is 0.298. The van der Waals surface area contributed by atoms with Crippen molar-refractivity contribution in [2.24, 2.45) is 0 Å². The van der Waals surface area contributed by atoms with Crippen LogP contribution in [0.1, 0.15) is 6.42 Å². The van der Waals surface area contributed by atoms with Crippen molar-refractivity contribution >= 4 is 24.1 Å². The summed E-state index contributed by atoms with van der Waals surface area (Å²) in [5, 5.41) is 14.1. The molecule has 1 atom stereocenters. The summed E-state index contributed by atoms with van der Waals surface area (Å²) >= 11 is 5.31. The number of hydrogen-bond donors (Lipinski definition) is 1. The number of nitro groups is 1. The summed E-state index contributed by atoms with van der Waals surface area (Å²) in [5.74, 6) is 0.436. The van der Waals surface area contributed by atoms with Gasteiger partial charge in [-0.3, -0.25) is 10.1 Å². The highest BCUT2D eigenvalue weighted by atomic mass is 32.5. The number of nitro benzene ring substituents is 1. The topological polar surface area (TPSA) is 92.1 Å². The van der Waals surface area contributed by atoms with Gasteiger partial charge in [-0.2, -0.15) is 0 Å².